The van der Waals surface area contributed by atoms with Gasteiger partial charge in [0.15, 0.2) is 0 Å². The summed E-state index contributed by atoms with van der Waals surface area (Å²) in [6.45, 7) is 6.81. The Labute approximate surface area is 280 Å². The first-order valence-electron chi connectivity index (χ1n) is 16.7. The van der Waals surface area contributed by atoms with Gasteiger partial charge < -0.3 is 9.13 Å². The molecule has 0 aliphatic carbocycles. The largest absolute Gasteiger partial charge is 0.307 e. The average molecular weight is 618 g/mol. The van der Waals surface area contributed by atoms with Crippen molar-refractivity contribution < 1.29 is 0 Å². The molecule has 0 aliphatic rings. The summed E-state index contributed by atoms with van der Waals surface area (Å²) >= 11 is 0. The summed E-state index contributed by atoms with van der Waals surface area (Å²) in [5, 5.41) is 4.94. The fourth-order valence-corrected chi connectivity index (χ4v) is 7.31. The summed E-state index contributed by atoms with van der Waals surface area (Å²) in [6, 6.07) is 56.9. The molecule has 0 unspecified atom stereocenters. The van der Waals surface area contributed by atoms with Crippen molar-refractivity contribution in [2.24, 2.45) is 0 Å². The minimum Gasteiger partial charge on any atom is -0.307 e. The van der Waals surface area contributed by atoms with Crippen LogP contribution < -0.4 is 0 Å². The Morgan fingerprint density at radius 1 is 0.417 bits per heavy atom. The first-order valence-corrected chi connectivity index (χ1v) is 16.7. The second-order valence-electron chi connectivity index (χ2n) is 13.7. The van der Waals surface area contributed by atoms with E-state index in [4.69, 9.17) is 4.98 Å². The van der Waals surface area contributed by atoms with Crippen LogP contribution in [0.5, 0.6) is 0 Å². The highest BCUT2D eigenvalue weighted by Gasteiger charge is 2.22. The maximum atomic E-state index is 5.22. The molecule has 0 fully saturated rings. The van der Waals surface area contributed by atoms with Gasteiger partial charge in [-0.25, -0.2) is 4.98 Å². The lowest BCUT2D eigenvalue weighted by atomic mass is 9.87. The van der Waals surface area contributed by atoms with Crippen LogP contribution in [0.4, 0.5) is 0 Å². The van der Waals surface area contributed by atoms with Gasteiger partial charge in [0.2, 0.25) is 0 Å². The predicted molar refractivity (Wildman–Crippen MR) is 202 cm³/mol. The zero-order valence-electron chi connectivity index (χ0n) is 27.4. The van der Waals surface area contributed by atoms with E-state index in [1.165, 1.54) is 49.2 Å². The molecule has 0 saturated heterocycles. The minimum atomic E-state index is 0.0767. The van der Waals surface area contributed by atoms with Gasteiger partial charge >= 0.3 is 0 Å². The highest BCUT2D eigenvalue weighted by Crippen LogP contribution is 2.42. The third-order valence-electron chi connectivity index (χ3n) is 9.67. The summed E-state index contributed by atoms with van der Waals surface area (Å²) in [5.74, 6) is 0. The SMILES string of the molecule is CC(C)(C)c1ccc(-n2c3ccccc3c3ccc4c5ccccc5n(-c5cc(-c6ccccc6)nc(-c6ccccc6)c5)c4c32)cc1. The molecule has 0 radical (unpaired) electrons. The fourth-order valence-electron chi connectivity index (χ4n) is 7.31. The number of nitrogens with zero attached hydrogens (tertiary/aromatic N) is 3. The van der Waals surface area contributed by atoms with E-state index >= 15 is 0 Å². The molecule has 0 N–H and O–H groups in total. The number of rotatable bonds is 4. The molecule has 0 bridgehead atoms. The van der Waals surface area contributed by atoms with Gasteiger partial charge in [0.1, 0.15) is 0 Å². The van der Waals surface area contributed by atoms with Gasteiger partial charge in [-0.2, -0.15) is 0 Å². The summed E-state index contributed by atoms with van der Waals surface area (Å²) < 4.78 is 4.93. The first kappa shape index (κ1) is 28.3. The summed E-state index contributed by atoms with van der Waals surface area (Å²) in [4.78, 5) is 5.22. The van der Waals surface area contributed by atoms with Crippen molar-refractivity contribution in [1.82, 2.24) is 14.1 Å². The fraction of sp³-hybridized carbons (Fsp3) is 0.0889. The van der Waals surface area contributed by atoms with E-state index in [0.29, 0.717) is 0 Å². The molecule has 0 spiro atoms. The Kier molecular flexibility index (Phi) is 6.38. The van der Waals surface area contributed by atoms with E-state index in [-0.39, 0.29) is 5.41 Å². The number of benzene rings is 6. The lowest BCUT2D eigenvalue weighted by Crippen LogP contribution is -2.10. The van der Waals surface area contributed by atoms with Gasteiger partial charge in [-0.05, 0) is 47.4 Å². The number of pyridine rings is 1. The van der Waals surface area contributed by atoms with Crippen LogP contribution in [0, 0.1) is 0 Å². The molecule has 0 amide bonds. The normalized spacial score (nSPS) is 12.1. The van der Waals surface area contributed by atoms with E-state index in [0.717, 1.165) is 33.9 Å². The lowest BCUT2D eigenvalue weighted by molar-refractivity contribution is 0.590. The molecule has 0 atom stereocenters. The molecule has 9 rings (SSSR count). The second kappa shape index (κ2) is 10.8. The molecule has 0 aliphatic heterocycles. The van der Waals surface area contributed by atoms with Crippen molar-refractivity contribution in [3.8, 4) is 33.9 Å². The highest BCUT2D eigenvalue weighted by molar-refractivity contribution is 6.23. The zero-order valence-corrected chi connectivity index (χ0v) is 27.4. The second-order valence-corrected chi connectivity index (χ2v) is 13.7. The van der Waals surface area contributed by atoms with Crippen molar-refractivity contribution in [1.29, 1.82) is 0 Å². The van der Waals surface area contributed by atoms with Crippen LogP contribution in [-0.4, -0.2) is 14.1 Å². The molecule has 230 valence electrons. The Hall–Kier alpha value is -5.93. The number of hydrogen-bond donors (Lipinski definition) is 0. The molecule has 3 aromatic heterocycles. The Morgan fingerprint density at radius 3 is 1.33 bits per heavy atom. The monoisotopic (exact) mass is 617 g/mol. The van der Waals surface area contributed by atoms with Crippen molar-refractivity contribution in [2.75, 3.05) is 0 Å². The van der Waals surface area contributed by atoms with Gasteiger partial charge in [-0.3, -0.25) is 0 Å². The number of para-hydroxylation sites is 2. The van der Waals surface area contributed by atoms with Crippen LogP contribution in [0.25, 0.3) is 77.5 Å². The van der Waals surface area contributed by atoms with Crippen LogP contribution in [0.1, 0.15) is 26.3 Å². The van der Waals surface area contributed by atoms with E-state index in [2.05, 4.69) is 188 Å². The van der Waals surface area contributed by atoms with E-state index < -0.39 is 0 Å². The quantitative estimate of drug-likeness (QED) is 0.193. The lowest BCUT2D eigenvalue weighted by Gasteiger charge is -2.20. The highest BCUT2D eigenvalue weighted by atomic mass is 15.0. The van der Waals surface area contributed by atoms with Crippen LogP contribution in [0.3, 0.4) is 0 Å². The molecular weight excluding hydrogens is 583 g/mol. The van der Waals surface area contributed by atoms with Gasteiger partial charge in [-0.1, -0.05) is 142 Å². The van der Waals surface area contributed by atoms with Crippen LogP contribution >= 0.6 is 0 Å². The van der Waals surface area contributed by atoms with Gasteiger partial charge in [0.05, 0.1) is 39.1 Å². The van der Waals surface area contributed by atoms with Gasteiger partial charge in [0.25, 0.3) is 0 Å². The molecule has 0 saturated carbocycles. The number of hydrogen-bond acceptors (Lipinski definition) is 1. The topological polar surface area (TPSA) is 22.8 Å². The van der Waals surface area contributed by atoms with E-state index in [1.54, 1.807) is 0 Å². The molecule has 3 nitrogen and oxygen atoms in total. The predicted octanol–water partition coefficient (Wildman–Crippen LogP) is 11.9. The molecule has 3 heterocycles. The number of fused-ring (bicyclic) bond motifs is 7. The Balaban J connectivity index is 1.44. The van der Waals surface area contributed by atoms with Crippen LogP contribution in [0.2, 0.25) is 0 Å². The smallest absolute Gasteiger partial charge is 0.0788 e. The number of aromatic nitrogens is 3. The zero-order chi connectivity index (χ0) is 32.4. The Bertz CT molecular complexity index is 2560. The molecule has 48 heavy (non-hydrogen) atoms. The average Bonchev–Trinajstić information content (AvgIpc) is 3.65. The van der Waals surface area contributed by atoms with E-state index in [9.17, 15) is 0 Å². The van der Waals surface area contributed by atoms with Gasteiger partial charge in [0, 0.05) is 38.4 Å². The minimum absolute atomic E-state index is 0.0767. The molecule has 6 aromatic carbocycles. The van der Waals surface area contributed by atoms with E-state index in [1.807, 2.05) is 0 Å². The van der Waals surface area contributed by atoms with Crippen LogP contribution in [-0.2, 0) is 5.41 Å². The third kappa shape index (κ3) is 4.46. The van der Waals surface area contributed by atoms with Gasteiger partial charge in [-0.15, -0.1) is 0 Å². The summed E-state index contributed by atoms with van der Waals surface area (Å²) in [7, 11) is 0. The van der Waals surface area contributed by atoms with Crippen molar-refractivity contribution >= 4 is 43.6 Å². The molecule has 9 aromatic rings. The molecule has 3 heteroatoms. The maximum Gasteiger partial charge on any atom is 0.0788 e. The maximum absolute atomic E-state index is 5.22. The van der Waals surface area contributed by atoms with Crippen molar-refractivity contribution in [3.63, 3.8) is 0 Å². The summed E-state index contributed by atoms with van der Waals surface area (Å²) in [5.41, 5.74) is 12.5. The van der Waals surface area contributed by atoms with Crippen LogP contribution in [0.15, 0.2) is 158 Å². The summed E-state index contributed by atoms with van der Waals surface area (Å²) in [6.07, 6.45) is 0. The van der Waals surface area contributed by atoms with Crippen molar-refractivity contribution in [2.45, 2.75) is 26.2 Å². The molecular formula is C45H35N3. The first-order chi connectivity index (χ1) is 23.5. The standard InChI is InChI=1S/C45H35N3/c1-45(2,3)32-22-24-33(25-23-32)47-41-20-12-10-18-35(41)37-26-27-38-36-19-11-13-21-42(36)48(44(38)43(37)47)34-28-39(30-14-6-4-7-15-30)46-40(29-34)31-16-8-5-9-17-31/h4-29H,1-3H3. The Morgan fingerprint density at radius 2 is 0.854 bits per heavy atom. The third-order valence-corrected chi connectivity index (χ3v) is 9.67. The van der Waals surface area contributed by atoms with Crippen molar-refractivity contribution in [3.05, 3.63) is 163 Å².